The summed E-state index contributed by atoms with van der Waals surface area (Å²) in [6.07, 6.45) is 1.06. The number of rotatable bonds is 2. The van der Waals surface area contributed by atoms with Crippen molar-refractivity contribution in [3.63, 3.8) is 0 Å². The number of amides is 2. The number of carbonyl (C=O) groups excluding carboxylic acids is 2. The molecule has 0 radical (unpaired) electrons. The lowest BCUT2D eigenvalue weighted by molar-refractivity contribution is -0.152. The average Bonchev–Trinajstić information content (AvgIpc) is 2.01. The van der Waals surface area contributed by atoms with Crippen molar-refractivity contribution >= 4 is 11.8 Å². The summed E-state index contributed by atoms with van der Waals surface area (Å²) in [5.74, 6) is 0.645. The largest absolute Gasteiger partial charge is 0.280 e. The summed E-state index contributed by atoms with van der Waals surface area (Å²) in [5.41, 5.74) is 0. The van der Waals surface area contributed by atoms with E-state index >= 15 is 0 Å². The van der Waals surface area contributed by atoms with Gasteiger partial charge in [0, 0.05) is 18.9 Å². The van der Waals surface area contributed by atoms with E-state index in [0.29, 0.717) is 18.8 Å². The van der Waals surface area contributed by atoms with Crippen LogP contribution in [0.1, 0.15) is 40.5 Å². The Morgan fingerprint density at radius 3 is 1.79 bits per heavy atom. The lowest BCUT2D eigenvalue weighted by Crippen LogP contribution is -2.47. The standard InChI is InChI=1S/C11H19NO2/c1-7(2)9-5-10(13)12(8(3)4)11(14)6-9/h7-9H,5-6H2,1-4H3. The Morgan fingerprint density at radius 1 is 1.07 bits per heavy atom. The minimum absolute atomic E-state index is 0.00288. The molecule has 1 aliphatic heterocycles. The average molecular weight is 197 g/mol. The molecule has 3 nitrogen and oxygen atoms in total. The Labute approximate surface area is 85.5 Å². The van der Waals surface area contributed by atoms with Crippen molar-refractivity contribution in [2.45, 2.75) is 46.6 Å². The molecule has 14 heavy (non-hydrogen) atoms. The Hall–Kier alpha value is -0.860. The number of hydrogen-bond acceptors (Lipinski definition) is 2. The first-order chi connectivity index (χ1) is 6.43. The second kappa shape index (κ2) is 4.11. The number of likely N-dealkylation sites (tertiary alicyclic amines) is 1. The fourth-order valence-electron chi connectivity index (χ4n) is 1.90. The van der Waals surface area contributed by atoms with E-state index in [0.717, 1.165) is 0 Å². The van der Waals surface area contributed by atoms with E-state index in [1.165, 1.54) is 4.90 Å². The van der Waals surface area contributed by atoms with Gasteiger partial charge >= 0.3 is 0 Å². The van der Waals surface area contributed by atoms with Crippen LogP contribution in [-0.2, 0) is 9.59 Å². The van der Waals surface area contributed by atoms with Crippen LogP contribution in [-0.4, -0.2) is 22.8 Å². The van der Waals surface area contributed by atoms with Gasteiger partial charge in [0.1, 0.15) is 0 Å². The summed E-state index contributed by atoms with van der Waals surface area (Å²) in [4.78, 5) is 24.7. The quantitative estimate of drug-likeness (QED) is 0.633. The van der Waals surface area contributed by atoms with Gasteiger partial charge < -0.3 is 0 Å². The zero-order valence-electron chi connectivity index (χ0n) is 9.41. The van der Waals surface area contributed by atoms with E-state index in [4.69, 9.17) is 0 Å². The van der Waals surface area contributed by atoms with Gasteiger partial charge in [0.05, 0.1) is 0 Å². The monoisotopic (exact) mass is 197 g/mol. The van der Waals surface area contributed by atoms with Crippen molar-refractivity contribution < 1.29 is 9.59 Å². The summed E-state index contributed by atoms with van der Waals surface area (Å²) in [5, 5.41) is 0. The highest BCUT2D eigenvalue weighted by Gasteiger charge is 2.34. The van der Waals surface area contributed by atoms with E-state index in [9.17, 15) is 9.59 Å². The molecule has 0 atom stereocenters. The zero-order chi connectivity index (χ0) is 10.9. The molecule has 0 aromatic rings. The Kier molecular flexibility index (Phi) is 3.29. The molecule has 1 saturated heterocycles. The van der Waals surface area contributed by atoms with Gasteiger partial charge in [-0.05, 0) is 25.7 Å². The second-order valence-electron chi connectivity index (χ2n) is 4.66. The molecule has 0 N–H and O–H groups in total. The van der Waals surface area contributed by atoms with E-state index in [2.05, 4.69) is 13.8 Å². The molecule has 0 aromatic heterocycles. The van der Waals surface area contributed by atoms with Crippen LogP contribution < -0.4 is 0 Å². The topological polar surface area (TPSA) is 37.4 Å². The SMILES string of the molecule is CC(C)C1CC(=O)N(C(C)C)C(=O)C1. The summed E-state index contributed by atoms with van der Waals surface area (Å²) in [7, 11) is 0. The Balaban J connectivity index is 2.73. The third kappa shape index (κ3) is 2.14. The van der Waals surface area contributed by atoms with Crippen LogP contribution in [0.15, 0.2) is 0 Å². The molecule has 1 fully saturated rings. The van der Waals surface area contributed by atoms with Crippen molar-refractivity contribution in [3.05, 3.63) is 0 Å². The van der Waals surface area contributed by atoms with Crippen LogP contribution in [0.5, 0.6) is 0 Å². The molecule has 0 aliphatic carbocycles. The third-order valence-corrected chi connectivity index (χ3v) is 2.87. The van der Waals surface area contributed by atoms with Crippen LogP contribution in [0.2, 0.25) is 0 Å². The molecule has 0 spiro atoms. The third-order valence-electron chi connectivity index (χ3n) is 2.87. The fraction of sp³-hybridized carbons (Fsp3) is 0.818. The minimum atomic E-state index is -0.00468. The summed E-state index contributed by atoms with van der Waals surface area (Å²) in [6, 6.07) is 0.00288. The zero-order valence-corrected chi connectivity index (χ0v) is 9.41. The first kappa shape index (κ1) is 11.2. The lowest BCUT2D eigenvalue weighted by Gasteiger charge is -2.34. The highest BCUT2D eigenvalue weighted by atomic mass is 16.2. The molecular formula is C11H19NO2. The predicted molar refractivity (Wildman–Crippen MR) is 54.6 cm³/mol. The molecular weight excluding hydrogens is 178 g/mol. The van der Waals surface area contributed by atoms with Crippen LogP contribution in [0.4, 0.5) is 0 Å². The van der Waals surface area contributed by atoms with E-state index in [-0.39, 0.29) is 23.8 Å². The van der Waals surface area contributed by atoms with Crippen molar-refractivity contribution in [1.29, 1.82) is 0 Å². The fourth-order valence-corrected chi connectivity index (χ4v) is 1.90. The van der Waals surface area contributed by atoms with Crippen molar-refractivity contribution in [3.8, 4) is 0 Å². The molecule has 0 bridgehead atoms. The Bertz CT molecular complexity index is 228. The minimum Gasteiger partial charge on any atom is -0.280 e. The maximum absolute atomic E-state index is 11.7. The van der Waals surface area contributed by atoms with Gasteiger partial charge in [0.2, 0.25) is 11.8 Å². The molecule has 1 rings (SSSR count). The summed E-state index contributed by atoms with van der Waals surface area (Å²) >= 11 is 0. The molecule has 3 heteroatoms. The number of imide groups is 1. The van der Waals surface area contributed by atoms with Crippen LogP contribution >= 0.6 is 0 Å². The van der Waals surface area contributed by atoms with Gasteiger partial charge in [-0.2, -0.15) is 0 Å². The van der Waals surface area contributed by atoms with E-state index < -0.39 is 0 Å². The normalized spacial score (nSPS) is 20.0. The van der Waals surface area contributed by atoms with Crippen LogP contribution in [0.25, 0.3) is 0 Å². The maximum atomic E-state index is 11.7. The van der Waals surface area contributed by atoms with E-state index in [1.807, 2.05) is 13.8 Å². The molecule has 2 amide bonds. The number of piperidine rings is 1. The summed E-state index contributed by atoms with van der Waals surface area (Å²) in [6.45, 7) is 7.89. The van der Waals surface area contributed by atoms with Crippen molar-refractivity contribution in [1.82, 2.24) is 4.90 Å². The van der Waals surface area contributed by atoms with Gasteiger partial charge in [0.25, 0.3) is 0 Å². The summed E-state index contributed by atoms with van der Waals surface area (Å²) < 4.78 is 0. The molecule has 1 heterocycles. The smallest absolute Gasteiger partial charge is 0.229 e. The molecule has 80 valence electrons. The highest BCUT2D eigenvalue weighted by molar-refractivity contribution is 5.98. The van der Waals surface area contributed by atoms with Crippen molar-refractivity contribution in [2.75, 3.05) is 0 Å². The number of carbonyl (C=O) groups is 2. The number of nitrogens with zero attached hydrogens (tertiary/aromatic N) is 1. The van der Waals surface area contributed by atoms with Gasteiger partial charge in [0.15, 0.2) is 0 Å². The number of hydrogen-bond donors (Lipinski definition) is 0. The van der Waals surface area contributed by atoms with E-state index in [1.54, 1.807) is 0 Å². The molecule has 0 saturated carbocycles. The van der Waals surface area contributed by atoms with Crippen molar-refractivity contribution in [2.24, 2.45) is 11.8 Å². The molecule has 1 aliphatic rings. The Morgan fingerprint density at radius 2 is 1.50 bits per heavy atom. The second-order valence-corrected chi connectivity index (χ2v) is 4.66. The lowest BCUT2D eigenvalue weighted by atomic mass is 9.85. The van der Waals surface area contributed by atoms with Gasteiger partial charge in [-0.3, -0.25) is 14.5 Å². The van der Waals surface area contributed by atoms with Gasteiger partial charge in [-0.1, -0.05) is 13.8 Å². The van der Waals surface area contributed by atoms with Gasteiger partial charge in [-0.25, -0.2) is 0 Å². The van der Waals surface area contributed by atoms with Gasteiger partial charge in [-0.15, -0.1) is 0 Å². The molecule has 0 unspecified atom stereocenters. The first-order valence-electron chi connectivity index (χ1n) is 5.28. The maximum Gasteiger partial charge on any atom is 0.229 e. The van der Waals surface area contributed by atoms with Crippen LogP contribution in [0, 0.1) is 11.8 Å². The molecule has 0 aromatic carbocycles. The highest BCUT2D eigenvalue weighted by Crippen LogP contribution is 2.27. The predicted octanol–water partition coefficient (Wildman–Crippen LogP) is 1.82. The van der Waals surface area contributed by atoms with Crippen LogP contribution in [0.3, 0.4) is 0 Å². The first-order valence-corrected chi connectivity index (χ1v) is 5.28.